The molecule has 1 aliphatic heterocycles. The van der Waals surface area contributed by atoms with Gasteiger partial charge in [-0.2, -0.15) is 0 Å². The summed E-state index contributed by atoms with van der Waals surface area (Å²) >= 11 is -1.30. The number of H-pyrrole nitrogens is 1. The molecule has 1 atom stereocenters. The van der Waals surface area contributed by atoms with Crippen molar-refractivity contribution in [3.8, 4) is 22.6 Å². The van der Waals surface area contributed by atoms with E-state index in [-0.39, 0.29) is 11.3 Å². The number of rotatable bonds is 8. The number of aromatic nitrogens is 2. The van der Waals surface area contributed by atoms with Crippen molar-refractivity contribution in [2.75, 3.05) is 36.7 Å². The molecule has 0 amide bonds. The predicted molar refractivity (Wildman–Crippen MR) is 146 cm³/mol. The van der Waals surface area contributed by atoms with Gasteiger partial charge in [0.15, 0.2) is 11.6 Å². The fourth-order valence-electron chi connectivity index (χ4n) is 4.57. The normalized spacial score (nSPS) is 15.1. The van der Waals surface area contributed by atoms with Crippen LogP contribution in [0.2, 0.25) is 0 Å². The van der Waals surface area contributed by atoms with Gasteiger partial charge >= 0.3 is 0 Å². The minimum Gasteiger partial charge on any atom is -0.593 e. The third-order valence-electron chi connectivity index (χ3n) is 6.50. The van der Waals surface area contributed by atoms with Gasteiger partial charge in [0, 0.05) is 68.9 Å². The summed E-state index contributed by atoms with van der Waals surface area (Å²) in [6.07, 6.45) is 1.69. The molecule has 2 aromatic heterocycles. The summed E-state index contributed by atoms with van der Waals surface area (Å²) in [5.74, 6) is -0.988. The summed E-state index contributed by atoms with van der Waals surface area (Å²) in [4.78, 5) is 18.8. The lowest BCUT2D eigenvalue weighted by Gasteiger charge is -2.26. The van der Waals surface area contributed by atoms with E-state index in [1.807, 2.05) is 6.07 Å². The third kappa shape index (κ3) is 5.56. The van der Waals surface area contributed by atoms with Gasteiger partial charge in [0.05, 0.1) is 28.0 Å². The molecule has 0 radical (unpaired) electrons. The molecule has 0 bridgehead atoms. The van der Waals surface area contributed by atoms with Crippen LogP contribution in [0.25, 0.3) is 22.0 Å². The highest BCUT2D eigenvalue weighted by Crippen LogP contribution is 2.39. The van der Waals surface area contributed by atoms with Crippen LogP contribution in [-0.2, 0) is 25.0 Å². The number of ether oxygens (including phenoxy) is 1. The Bertz CT molecular complexity index is 1520. The van der Waals surface area contributed by atoms with Crippen molar-refractivity contribution < 1.29 is 18.1 Å². The van der Waals surface area contributed by atoms with E-state index in [4.69, 9.17) is 4.74 Å². The average molecular weight is 542 g/mol. The fraction of sp³-hybridized carbons (Fsp3) is 0.296. The van der Waals surface area contributed by atoms with Crippen LogP contribution in [0, 0.1) is 11.6 Å². The number of aromatic amines is 1. The lowest BCUT2D eigenvalue weighted by Crippen LogP contribution is -2.42. The van der Waals surface area contributed by atoms with Crippen LogP contribution < -0.4 is 20.3 Å². The van der Waals surface area contributed by atoms with Gasteiger partial charge in [0.25, 0.3) is 5.56 Å². The molecule has 1 aliphatic rings. The molecule has 1 fully saturated rings. The van der Waals surface area contributed by atoms with Gasteiger partial charge in [-0.25, -0.2) is 13.5 Å². The van der Waals surface area contributed by atoms with E-state index in [0.29, 0.717) is 45.8 Å². The lowest BCUT2D eigenvalue weighted by atomic mass is 10.0. The number of hydrogen-bond donors (Lipinski definition) is 3. The molecular weight excluding hydrogens is 512 g/mol. The lowest BCUT2D eigenvalue weighted by molar-refractivity contribution is 0.231. The van der Waals surface area contributed by atoms with Crippen molar-refractivity contribution in [1.29, 1.82) is 0 Å². The van der Waals surface area contributed by atoms with Crippen LogP contribution in [-0.4, -0.2) is 50.9 Å². The van der Waals surface area contributed by atoms with E-state index >= 15 is 0 Å². The number of aryl methyl sites for hydroxylation is 1. The van der Waals surface area contributed by atoms with Crippen LogP contribution in [0.15, 0.2) is 53.5 Å². The Morgan fingerprint density at radius 2 is 1.84 bits per heavy atom. The molecule has 4 aromatic rings. The zero-order valence-electron chi connectivity index (χ0n) is 21.1. The highest BCUT2D eigenvalue weighted by Gasteiger charge is 2.20. The molecule has 11 heteroatoms. The Hall–Kier alpha value is -3.38. The van der Waals surface area contributed by atoms with Crippen LogP contribution in [0.3, 0.4) is 0 Å². The molecule has 200 valence electrons. The molecule has 0 saturated carbocycles. The summed E-state index contributed by atoms with van der Waals surface area (Å²) in [6, 6.07) is 10.0. The summed E-state index contributed by atoms with van der Waals surface area (Å²) in [5, 5.41) is 3.85. The molecule has 1 saturated heterocycles. The van der Waals surface area contributed by atoms with Crippen molar-refractivity contribution in [2.24, 2.45) is 7.05 Å². The van der Waals surface area contributed by atoms with Gasteiger partial charge < -0.3 is 24.2 Å². The molecule has 1 unspecified atom stereocenters. The summed E-state index contributed by atoms with van der Waals surface area (Å²) in [7, 11) is 1.67. The summed E-state index contributed by atoms with van der Waals surface area (Å²) in [5.41, 5.74) is 3.14. The molecule has 2 aromatic carbocycles. The maximum Gasteiger partial charge on any atom is 0.259 e. The number of nitrogens with one attached hydrogen (secondary N) is 3. The minimum absolute atomic E-state index is 0.141. The van der Waals surface area contributed by atoms with Crippen LogP contribution in [0.1, 0.15) is 12.6 Å². The van der Waals surface area contributed by atoms with E-state index in [0.717, 1.165) is 44.0 Å². The Morgan fingerprint density at radius 1 is 1.08 bits per heavy atom. The van der Waals surface area contributed by atoms with Crippen molar-refractivity contribution in [1.82, 2.24) is 19.8 Å². The van der Waals surface area contributed by atoms with E-state index in [2.05, 4.69) is 19.9 Å². The third-order valence-corrected chi connectivity index (χ3v) is 7.49. The first-order valence-electron chi connectivity index (χ1n) is 12.4. The van der Waals surface area contributed by atoms with Gasteiger partial charge in [-0.1, -0.05) is 0 Å². The van der Waals surface area contributed by atoms with Gasteiger partial charge in [-0.3, -0.25) is 9.69 Å². The number of halogens is 2. The predicted octanol–water partition coefficient (Wildman–Crippen LogP) is 4.10. The number of hydrogen-bond acceptors (Lipinski definition) is 6. The van der Waals surface area contributed by atoms with E-state index in [1.54, 1.807) is 38.4 Å². The number of anilines is 1. The van der Waals surface area contributed by atoms with E-state index in [9.17, 15) is 18.1 Å². The van der Waals surface area contributed by atoms with Crippen molar-refractivity contribution in [3.63, 3.8) is 0 Å². The Labute approximate surface area is 221 Å². The standard InChI is InChI=1S/C27H29F2N5O3S/c1-3-38(36)32-18-5-7-24(37-25-6-4-17(28)12-23(25)29)20(13-18)22-16-33(2)27(35)21-14-19(31-26(21)22)15-34-10-8-30-9-11-34/h4-7,12-14,16,30-32H,3,8-11,15H2,1-2H3. The molecule has 3 heterocycles. The van der Waals surface area contributed by atoms with E-state index in [1.165, 1.54) is 10.6 Å². The number of pyridine rings is 1. The first-order chi connectivity index (χ1) is 18.3. The second kappa shape index (κ2) is 11.2. The second-order valence-electron chi connectivity index (χ2n) is 9.19. The largest absolute Gasteiger partial charge is 0.593 e. The van der Waals surface area contributed by atoms with Crippen molar-refractivity contribution in [2.45, 2.75) is 13.5 Å². The van der Waals surface area contributed by atoms with E-state index < -0.39 is 23.0 Å². The first kappa shape index (κ1) is 26.2. The average Bonchev–Trinajstić information content (AvgIpc) is 3.33. The van der Waals surface area contributed by atoms with Crippen molar-refractivity contribution in [3.05, 3.63) is 76.3 Å². The summed E-state index contributed by atoms with van der Waals surface area (Å²) in [6.45, 7) is 6.10. The Morgan fingerprint density at radius 3 is 2.58 bits per heavy atom. The van der Waals surface area contributed by atoms with Crippen LogP contribution in [0.4, 0.5) is 14.5 Å². The first-order valence-corrected chi connectivity index (χ1v) is 13.7. The topological polar surface area (TPSA) is 97.4 Å². The molecule has 3 N–H and O–H groups in total. The molecule has 0 spiro atoms. The zero-order chi connectivity index (χ0) is 26.8. The van der Waals surface area contributed by atoms with Crippen molar-refractivity contribution >= 4 is 28.0 Å². The molecule has 8 nitrogen and oxygen atoms in total. The summed E-state index contributed by atoms with van der Waals surface area (Å²) < 4.78 is 50.5. The molecule has 0 aliphatic carbocycles. The SMILES string of the molecule is CC[S+]([O-])Nc1ccc(Oc2ccc(F)cc2F)c(-c2cn(C)c(=O)c3cc(CN4CCNCC4)[nH]c23)c1. The van der Waals surface area contributed by atoms with Crippen LogP contribution in [0.5, 0.6) is 11.5 Å². The number of fused-ring (bicyclic) bond motifs is 1. The molecule has 38 heavy (non-hydrogen) atoms. The van der Waals surface area contributed by atoms with Gasteiger partial charge in [0.1, 0.15) is 17.3 Å². The minimum atomic E-state index is -1.30. The van der Waals surface area contributed by atoms with Gasteiger partial charge in [-0.05, 0) is 43.3 Å². The monoisotopic (exact) mass is 541 g/mol. The second-order valence-corrected chi connectivity index (χ2v) is 10.7. The number of piperazine rings is 1. The fourth-order valence-corrected chi connectivity index (χ4v) is 5.11. The highest BCUT2D eigenvalue weighted by atomic mass is 32.2. The maximum absolute atomic E-state index is 14.5. The smallest absolute Gasteiger partial charge is 0.259 e. The van der Waals surface area contributed by atoms with Crippen LogP contribution >= 0.6 is 0 Å². The zero-order valence-corrected chi connectivity index (χ0v) is 22.0. The molecular formula is C27H29F2N5O3S. The number of nitrogens with zero attached hydrogens (tertiary/aromatic N) is 2. The Kier molecular flexibility index (Phi) is 7.70. The molecule has 5 rings (SSSR count). The Balaban J connectivity index is 1.63. The van der Waals surface area contributed by atoms with Gasteiger partial charge in [-0.15, -0.1) is 0 Å². The maximum atomic E-state index is 14.5. The van der Waals surface area contributed by atoms with Gasteiger partial charge in [0.2, 0.25) is 0 Å². The quantitative estimate of drug-likeness (QED) is 0.291. The number of benzene rings is 2. The highest BCUT2D eigenvalue weighted by molar-refractivity contribution is 7.92.